The van der Waals surface area contributed by atoms with E-state index in [0.717, 1.165) is 16.8 Å². The second kappa shape index (κ2) is 3.35. The molecule has 1 aromatic carbocycles. The number of nitrogens with zero attached hydrogens (tertiary/aromatic N) is 3. The quantitative estimate of drug-likeness (QED) is 0.698. The highest BCUT2D eigenvalue weighted by atomic mass is 16.4. The third kappa shape index (κ3) is 1.48. The first kappa shape index (κ1) is 9.70. The molecule has 1 fully saturated rings. The number of hydrogen-bond donors (Lipinski definition) is 1. The van der Waals surface area contributed by atoms with Gasteiger partial charge in [-0.3, -0.25) is 0 Å². The number of oxazole rings is 1. The van der Waals surface area contributed by atoms with E-state index in [2.05, 4.69) is 10.1 Å². The Morgan fingerprint density at radius 2 is 2.17 bits per heavy atom. The lowest BCUT2D eigenvalue weighted by atomic mass is 10.3. The van der Waals surface area contributed by atoms with Gasteiger partial charge in [-0.1, -0.05) is 0 Å². The van der Waals surface area contributed by atoms with Crippen LogP contribution in [0.1, 0.15) is 24.5 Å². The predicted octanol–water partition coefficient (Wildman–Crippen LogP) is 2.47. The number of anilines is 1. The van der Waals surface area contributed by atoms with Crippen LogP contribution >= 0.6 is 0 Å². The second-order valence-electron chi connectivity index (χ2n) is 4.68. The molecule has 0 amide bonds. The first-order valence-electron chi connectivity index (χ1n) is 6.01. The summed E-state index contributed by atoms with van der Waals surface area (Å²) in [5.41, 5.74) is 9.01. The van der Waals surface area contributed by atoms with Crippen LogP contribution in [0.5, 0.6) is 0 Å². The standard InChI is InChI=1S/C13H12N4O/c14-9-3-4-12-11(7-9)15-13(18-12)17-6-5-10(16-17)8-1-2-8/h3-8H,1-2,14H2. The lowest BCUT2D eigenvalue weighted by Gasteiger charge is -1.92. The molecule has 3 aromatic rings. The van der Waals surface area contributed by atoms with Crippen LogP contribution < -0.4 is 5.73 Å². The molecule has 0 spiro atoms. The van der Waals surface area contributed by atoms with E-state index in [1.165, 1.54) is 12.8 Å². The van der Waals surface area contributed by atoms with Gasteiger partial charge < -0.3 is 10.2 Å². The van der Waals surface area contributed by atoms with Crippen LogP contribution in [0.2, 0.25) is 0 Å². The number of rotatable bonds is 2. The Morgan fingerprint density at radius 1 is 1.28 bits per heavy atom. The summed E-state index contributed by atoms with van der Waals surface area (Å²) in [4.78, 5) is 4.39. The zero-order chi connectivity index (χ0) is 12.1. The summed E-state index contributed by atoms with van der Waals surface area (Å²) in [5, 5.41) is 4.49. The summed E-state index contributed by atoms with van der Waals surface area (Å²) in [5.74, 6) is 0.631. The highest BCUT2D eigenvalue weighted by molar-refractivity contribution is 5.77. The number of nitrogen functional groups attached to an aromatic ring is 1. The summed E-state index contributed by atoms with van der Waals surface area (Å²) in [6.07, 6.45) is 4.37. The van der Waals surface area contributed by atoms with Gasteiger partial charge in [-0.15, -0.1) is 0 Å². The maximum Gasteiger partial charge on any atom is 0.323 e. The summed E-state index contributed by atoms with van der Waals surface area (Å²) in [6.45, 7) is 0. The minimum Gasteiger partial charge on any atom is -0.422 e. The fourth-order valence-corrected chi connectivity index (χ4v) is 2.07. The molecule has 2 heterocycles. The van der Waals surface area contributed by atoms with Crippen LogP contribution in [0, 0.1) is 0 Å². The number of hydrogen-bond acceptors (Lipinski definition) is 4. The van der Waals surface area contributed by atoms with Crippen LogP contribution in [-0.2, 0) is 0 Å². The summed E-state index contributed by atoms with van der Waals surface area (Å²) >= 11 is 0. The fraction of sp³-hybridized carbons (Fsp3) is 0.231. The molecule has 5 nitrogen and oxygen atoms in total. The van der Waals surface area contributed by atoms with Crippen molar-refractivity contribution in [3.8, 4) is 6.01 Å². The number of nitrogens with two attached hydrogens (primary N) is 1. The molecule has 90 valence electrons. The van der Waals surface area contributed by atoms with Crippen molar-refractivity contribution in [2.24, 2.45) is 0 Å². The lowest BCUT2D eigenvalue weighted by Crippen LogP contribution is -1.95. The van der Waals surface area contributed by atoms with Gasteiger partial charge in [0, 0.05) is 17.8 Å². The van der Waals surface area contributed by atoms with Crippen LogP contribution in [0.25, 0.3) is 17.1 Å². The van der Waals surface area contributed by atoms with E-state index >= 15 is 0 Å². The minimum atomic E-state index is 0.488. The first-order valence-corrected chi connectivity index (χ1v) is 6.01. The molecule has 2 N–H and O–H groups in total. The fourth-order valence-electron chi connectivity index (χ4n) is 2.07. The van der Waals surface area contributed by atoms with Crippen LogP contribution in [0.4, 0.5) is 5.69 Å². The van der Waals surface area contributed by atoms with E-state index in [0.29, 0.717) is 17.6 Å². The van der Waals surface area contributed by atoms with Crippen LogP contribution in [0.15, 0.2) is 34.9 Å². The van der Waals surface area contributed by atoms with Gasteiger partial charge in [-0.2, -0.15) is 14.8 Å². The Bertz CT molecular complexity index is 724. The predicted molar refractivity (Wildman–Crippen MR) is 67.5 cm³/mol. The number of fused-ring (bicyclic) bond motifs is 1. The van der Waals surface area contributed by atoms with Crippen molar-refractivity contribution in [3.63, 3.8) is 0 Å². The van der Waals surface area contributed by atoms with Crippen LogP contribution in [-0.4, -0.2) is 14.8 Å². The Hall–Kier alpha value is -2.30. The largest absolute Gasteiger partial charge is 0.422 e. The van der Waals surface area contributed by atoms with Crippen molar-refractivity contribution in [2.75, 3.05) is 5.73 Å². The molecule has 0 aliphatic heterocycles. The van der Waals surface area contributed by atoms with Gasteiger partial charge in [0.1, 0.15) is 5.52 Å². The summed E-state index contributed by atoms with van der Waals surface area (Å²) < 4.78 is 7.34. The SMILES string of the molecule is Nc1ccc2oc(-n3ccc(C4CC4)n3)nc2c1. The molecule has 1 saturated carbocycles. The molecule has 0 bridgehead atoms. The van der Waals surface area contributed by atoms with Gasteiger partial charge in [0.05, 0.1) is 5.69 Å². The van der Waals surface area contributed by atoms with E-state index in [1.807, 2.05) is 18.3 Å². The molecule has 4 rings (SSSR count). The number of benzene rings is 1. The molecule has 18 heavy (non-hydrogen) atoms. The second-order valence-corrected chi connectivity index (χ2v) is 4.68. The summed E-state index contributed by atoms with van der Waals surface area (Å²) in [7, 11) is 0. The van der Waals surface area contributed by atoms with Crippen LogP contribution in [0.3, 0.4) is 0 Å². The zero-order valence-electron chi connectivity index (χ0n) is 9.71. The highest BCUT2D eigenvalue weighted by Gasteiger charge is 2.26. The maximum absolute atomic E-state index is 5.72. The monoisotopic (exact) mass is 240 g/mol. The first-order chi connectivity index (χ1) is 8.79. The van der Waals surface area contributed by atoms with E-state index in [4.69, 9.17) is 10.2 Å². The molecular formula is C13H12N4O. The molecule has 5 heteroatoms. The van der Waals surface area contributed by atoms with E-state index in [1.54, 1.807) is 16.8 Å². The minimum absolute atomic E-state index is 0.488. The Morgan fingerprint density at radius 3 is 3.00 bits per heavy atom. The molecule has 1 aliphatic rings. The van der Waals surface area contributed by atoms with Gasteiger partial charge in [-0.25, -0.2) is 0 Å². The Kier molecular flexibility index (Phi) is 1.81. The van der Waals surface area contributed by atoms with Crippen molar-refractivity contribution in [2.45, 2.75) is 18.8 Å². The molecular weight excluding hydrogens is 228 g/mol. The molecule has 0 unspecified atom stereocenters. The average Bonchev–Trinajstić information content (AvgIpc) is 2.95. The smallest absolute Gasteiger partial charge is 0.323 e. The van der Waals surface area contributed by atoms with Crippen molar-refractivity contribution in [1.29, 1.82) is 0 Å². The van der Waals surface area contributed by atoms with Gasteiger partial charge in [0.25, 0.3) is 0 Å². The molecule has 0 radical (unpaired) electrons. The molecule has 0 atom stereocenters. The maximum atomic E-state index is 5.72. The molecule has 2 aromatic heterocycles. The van der Waals surface area contributed by atoms with Crippen molar-refractivity contribution < 1.29 is 4.42 Å². The Balaban J connectivity index is 1.80. The topological polar surface area (TPSA) is 69.9 Å². The molecule has 1 aliphatic carbocycles. The summed E-state index contributed by atoms with van der Waals surface area (Å²) in [6, 6.07) is 7.94. The van der Waals surface area contributed by atoms with Crippen molar-refractivity contribution >= 4 is 16.8 Å². The van der Waals surface area contributed by atoms with Gasteiger partial charge >= 0.3 is 6.01 Å². The van der Waals surface area contributed by atoms with Crippen molar-refractivity contribution in [1.82, 2.24) is 14.8 Å². The third-order valence-electron chi connectivity index (χ3n) is 3.20. The zero-order valence-corrected chi connectivity index (χ0v) is 9.71. The van der Waals surface area contributed by atoms with E-state index in [9.17, 15) is 0 Å². The lowest BCUT2D eigenvalue weighted by molar-refractivity contribution is 0.541. The normalized spacial score (nSPS) is 15.3. The number of aromatic nitrogens is 3. The molecule has 0 saturated heterocycles. The van der Waals surface area contributed by atoms with E-state index in [-0.39, 0.29) is 0 Å². The average molecular weight is 240 g/mol. The van der Waals surface area contributed by atoms with Gasteiger partial charge in [0.15, 0.2) is 5.58 Å². The Labute approximate surface area is 103 Å². The highest BCUT2D eigenvalue weighted by Crippen LogP contribution is 2.39. The van der Waals surface area contributed by atoms with Gasteiger partial charge in [-0.05, 0) is 37.1 Å². The third-order valence-corrected chi connectivity index (χ3v) is 3.20. The van der Waals surface area contributed by atoms with E-state index < -0.39 is 0 Å². The van der Waals surface area contributed by atoms with Gasteiger partial charge in [0.2, 0.25) is 0 Å². The van der Waals surface area contributed by atoms with Crippen molar-refractivity contribution in [3.05, 3.63) is 36.2 Å².